The number of pyridine rings is 1. The SMILES string of the molecule is CCCS(=O)(=O)c1c(S(=O)(=O)CCC)c2c3ccccc3ccn2c1C(=O)NN=Cc1cccc([N+](=O)[O-])c1. The molecule has 2 aromatic carbocycles. The Balaban J connectivity index is 1.98. The van der Waals surface area contributed by atoms with Crippen LogP contribution in [0.5, 0.6) is 0 Å². The summed E-state index contributed by atoms with van der Waals surface area (Å²) in [5, 5.41) is 16.0. The van der Waals surface area contributed by atoms with Crippen molar-refractivity contribution in [2.75, 3.05) is 11.5 Å². The van der Waals surface area contributed by atoms with Crippen LogP contribution in [0.1, 0.15) is 42.7 Å². The third-order valence-corrected chi connectivity index (χ3v) is 10.0. The maximum absolute atomic E-state index is 13.6. The summed E-state index contributed by atoms with van der Waals surface area (Å²) in [6.07, 6.45) is 3.08. The molecule has 2 heterocycles. The van der Waals surface area contributed by atoms with Crippen LogP contribution in [0.2, 0.25) is 0 Å². The maximum Gasteiger partial charge on any atom is 0.289 e. The second kappa shape index (κ2) is 10.9. The van der Waals surface area contributed by atoms with E-state index < -0.39 is 40.3 Å². The first kappa shape index (κ1) is 27.9. The van der Waals surface area contributed by atoms with Gasteiger partial charge in [-0.15, -0.1) is 0 Å². The minimum atomic E-state index is -4.23. The summed E-state index contributed by atoms with van der Waals surface area (Å²) in [6, 6.07) is 14.1. The predicted octanol–water partition coefficient (Wildman–Crippen LogP) is 4.13. The average molecular weight is 571 g/mol. The molecule has 0 saturated carbocycles. The number of hydrazone groups is 1. The second-order valence-corrected chi connectivity index (χ2v) is 12.9. The standard InChI is InChI=1S/C26H26N4O7S2/c1-3-14-38(34,35)24-22-21-11-6-5-9-19(21)12-13-29(22)23(25(24)39(36,37)15-4-2)26(31)28-27-17-18-8-7-10-20(16-18)30(32)33/h5-13,16-17H,3-4,14-15H2,1-2H3,(H,28,31). The van der Waals surface area contributed by atoms with Crippen molar-refractivity contribution in [2.45, 2.75) is 36.5 Å². The van der Waals surface area contributed by atoms with E-state index in [9.17, 15) is 31.7 Å². The summed E-state index contributed by atoms with van der Waals surface area (Å²) in [4.78, 5) is 23.0. The van der Waals surface area contributed by atoms with E-state index in [2.05, 4.69) is 10.5 Å². The number of nitro groups is 1. The molecule has 0 fully saturated rings. The smallest absolute Gasteiger partial charge is 0.289 e. The van der Waals surface area contributed by atoms with E-state index in [0.29, 0.717) is 16.3 Å². The molecule has 1 amide bonds. The van der Waals surface area contributed by atoms with Gasteiger partial charge in [-0.1, -0.05) is 50.2 Å². The number of sulfone groups is 2. The van der Waals surface area contributed by atoms with E-state index in [1.165, 1.54) is 41.1 Å². The van der Waals surface area contributed by atoms with Crippen LogP contribution < -0.4 is 5.43 Å². The van der Waals surface area contributed by atoms with Crippen molar-refractivity contribution in [3.05, 3.63) is 82.2 Å². The summed E-state index contributed by atoms with van der Waals surface area (Å²) >= 11 is 0. The number of amides is 1. The number of hydrogen-bond donors (Lipinski definition) is 1. The van der Waals surface area contributed by atoms with Crippen LogP contribution in [-0.4, -0.2) is 49.8 Å². The van der Waals surface area contributed by atoms with Crippen molar-refractivity contribution in [1.82, 2.24) is 9.83 Å². The highest BCUT2D eigenvalue weighted by molar-refractivity contribution is 7.94. The fraction of sp³-hybridized carbons (Fsp3) is 0.231. The van der Waals surface area contributed by atoms with Crippen molar-refractivity contribution >= 4 is 53.8 Å². The van der Waals surface area contributed by atoms with Gasteiger partial charge in [-0.3, -0.25) is 14.9 Å². The molecule has 0 atom stereocenters. The summed E-state index contributed by atoms with van der Waals surface area (Å²) in [6.45, 7) is 3.32. The number of carbonyl (C=O) groups is 1. The Morgan fingerprint density at radius 2 is 1.64 bits per heavy atom. The summed E-state index contributed by atoms with van der Waals surface area (Å²) in [5.74, 6) is -1.63. The zero-order valence-corrected chi connectivity index (χ0v) is 22.8. The highest BCUT2D eigenvalue weighted by atomic mass is 32.2. The molecule has 0 radical (unpaired) electrons. The summed E-state index contributed by atoms with van der Waals surface area (Å²) < 4.78 is 55.6. The lowest BCUT2D eigenvalue weighted by Crippen LogP contribution is -2.23. The van der Waals surface area contributed by atoms with Gasteiger partial charge >= 0.3 is 0 Å². The number of nitrogens with one attached hydrogen (secondary N) is 1. The number of fused-ring (bicyclic) bond motifs is 3. The molecule has 0 bridgehead atoms. The fourth-order valence-electron chi connectivity index (χ4n) is 4.43. The van der Waals surface area contributed by atoms with Crippen molar-refractivity contribution < 1.29 is 26.6 Å². The molecule has 204 valence electrons. The molecule has 0 saturated heterocycles. The number of carbonyl (C=O) groups excluding carboxylic acids is 1. The van der Waals surface area contributed by atoms with Gasteiger partial charge in [0.15, 0.2) is 19.7 Å². The average Bonchev–Trinajstić information content (AvgIpc) is 3.27. The molecule has 0 aliphatic heterocycles. The molecule has 0 spiro atoms. The molecule has 0 unspecified atom stereocenters. The molecule has 13 heteroatoms. The van der Waals surface area contributed by atoms with Crippen LogP contribution in [0.3, 0.4) is 0 Å². The first-order valence-corrected chi connectivity index (χ1v) is 15.4. The molecule has 1 N–H and O–H groups in total. The first-order valence-electron chi connectivity index (χ1n) is 12.1. The van der Waals surface area contributed by atoms with E-state index in [-0.39, 0.29) is 41.2 Å². The Bertz CT molecular complexity index is 1840. The highest BCUT2D eigenvalue weighted by Gasteiger charge is 2.37. The molecule has 4 aromatic rings. The highest BCUT2D eigenvalue weighted by Crippen LogP contribution is 2.37. The van der Waals surface area contributed by atoms with Gasteiger partial charge in [0.1, 0.15) is 15.5 Å². The van der Waals surface area contributed by atoms with Crippen molar-refractivity contribution in [2.24, 2.45) is 5.10 Å². The molecule has 11 nitrogen and oxygen atoms in total. The topological polar surface area (TPSA) is 157 Å². The van der Waals surface area contributed by atoms with Gasteiger partial charge in [0.25, 0.3) is 11.6 Å². The predicted molar refractivity (Wildman–Crippen MR) is 148 cm³/mol. The lowest BCUT2D eigenvalue weighted by atomic mass is 10.1. The first-order chi connectivity index (χ1) is 18.5. The lowest BCUT2D eigenvalue weighted by Gasteiger charge is -2.09. The minimum absolute atomic E-state index is 0.101. The van der Waals surface area contributed by atoms with Crippen LogP contribution >= 0.6 is 0 Å². The summed E-state index contributed by atoms with van der Waals surface area (Å²) in [7, 11) is -8.36. The monoisotopic (exact) mass is 570 g/mol. The van der Waals surface area contributed by atoms with Gasteiger partial charge in [-0.2, -0.15) is 5.10 Å². The summed E-state index contributed by atoms with van der Waals surface area (Å²) in [5.41, 5.74) is 2.14. The number of rotatable bonds is 10. The Morgan fingerprint density at radius 1 is 0.974 bits per heavy atom. The molecule has 0 aliphatic rings. The molecule has 4 rings (SSSR count). The van der Waals surface area contributed by atoms with Gasteiger partial charge in [0.05, 0.1) is 28.2 Å². The fourth-order valence-corrected chi connectivity index (χ4v) is 8.42. The Morgan fingerprint density at radius 3 is 2.31 bits per heavy atom. The Hall–Kier alpha value is -4.10. The van der Waals surface area contributed by atoms with E-state index in [4.69, 9.17) is 0 Å². The van der Waals surface area contributed by atoms with Crippen molar-refractivity contribution in [3.63, 3.8) is 0 Å². The van der Waals surface area contributed by atoms with E-state index in [1.54, 1.807) is 44.2 Å². The van der Waals surface area contributed by atoms with Crippen LogP contribution in [0.15, 0.2) is 75.7 Å². The minimum Gasteiger partial charge on any atom is -0.309 e. The van der Waals surface area contributed by atoms with Gasteiger partial charge in [0, 0.05) is 29.3 Å². The normalized spacial score (nSPS) is 12.4. The van der Waals surface area contributed by atoms with E-state index in [0.717, 1.165) is 0 Å². The molecular weight excluding hydrogens is 544 g/mol. The van der Waals surface area contributed by atoms with Crippen LogP contribution in [-0.2, 0) is 19.7 Å². The molecule has 0 aliphatic carbocycles. The Labute approximate surface area is 225 Å². The quantitative estimate of drug-likeness (QED) is 0.171. The number of nitro benzene ring substituents is 1. The van der Waals surface area contributed by atoms with Gasteiger partial charge in [-0.05, 0) is 24.3 Å². The van der Waals surface area contributed by atoms with Crippen molar-refractivity contribution in [1.29, 1.82) is 0 Å². The van der Waals surface area contributed by atoms with E-state index >= 15 is 0 Å². The molecular formula is C26H26N4O7S2. The third-order valence-electron chi connectivity index (χ3n) is 5.98. The number of nitrogens with zero attached hydrogens (tertiary/aromatic N) is 3. The lowest BCUT2D eigenvalue weighted by molar-refractivity contribution is -0.384. The zero-order valence-electron chi connectivity index (χ0n) is 21.2. The number of hydrogen-bond acceptors (Lipinski definition) is 8. The van der Waals surface area contributed by atoms with Crippen LogP contribution in [0, 0.1) is 10.1 Å². The number of non-ortho nitro benzene ring substituents is 1. The number of benzene rings is 2. The van der Waals surface area contributed by atoms with Gasteiger partial charge in [-0.25, -0.2) is 22.3 Å². The third kappa shape index (κ3) is 5.40. The molecule has 39 heavy (non-hydrogen) atoms. The van der Waals surface area contributed by atoms with Crippen LogP contribution in [0.4, 0.5) is 5.69 Å². The largest absolute Gasteiger partial charge is 0.309 e. The second-order valence-electron chi connectivity index (χ2n) is 8.82. The van der Waals surface area contributed by atoms with Gasteiger partial charge < -0.3 is 4.40 Å². The zero-order chi connectivity index (χ0) is 28.4. The Kier molecular flexibility index (Phi) is 7.84. The molecule has 2 aromatic heterocycles. The van der Waals surface area contributed by atoms with Gasteiger partial charge in [0.2, 0.25) is 0 Å². The maximum atomic E-state index is 13.6. The van der Waals surface area contributed by atoms with Crippen LogP contribution in [0.25, 0.3) is 16.3 Å². The number of aromatic nitrogens is 1. The van der Waals surface area contributed by atoms with E-state index in [1.807, 2.05) is 0 Å². The van der Waals surface area contributed by atoms with Crippen molar-refractivity contribution in [3.8, 4) is 0 Å².